The summed E-state index contributed by atoms with van der Waals surface area (Å²) in [7, 11) is 0. The molecule has 1 aliphatic carbocycles. The standard InChI is InChI=1S/C14H25NO/c1-12(15)8-7-11-14(16)13-9-5-3-2-4-6-10-13/h9,12H,2-8,10-11,15H2,1H3. The molecule has 16 heavy (non-hydrogen) atoms. The summed E-state index contributed by atoms with van der Waals surface area (Å²) in [6.45, 7) is 2.00. The van der Waals surface area contributed by atoms with Crippen LogP contribution in [0.3, 0.4) is 0 Å². The van der Waals surface area contributed by atoms with E-state index in [9.17, 15) is 4.79 Å². The molecule has 0 fully saturated rings. The Morgan fingerprint density at radius 1 is 1.38 bits per heavy atom. The molecule has 1 atom stereocenters. The summed E-state index contributed by atoms with van der Waals surface area (Å²) in [5.74, 6) is 0.363. The third kappa shape index (κ3) is 5.45. The van der Waals surface area contributed by atoms with Gasteiger partial charge in [0.15, 0.2) is 5.78 Å². The van der Waals surface area contributed by atoms with Crippen molar-refractivity contribution in [1.29, 1.82) is 0 Å². The van der Waals surface area contributed by atoms with Crippen molar-refractivity contribution in [2.75, 3.05) is 0 Å². The summed E-state index contributed by atoms with van der Waals surface area (Å²) >= 11 is 0. The van der Waals surface area contributed by atoms with Gasteiger partial charge in [0, 0.05) is 12.5 Å². The van der Waals surface area contributed by atoms with Crippen molar-refractivity contribution in [1.82, 2.24) is 0 Å². The SMILES string of the molecule is CC(N)CCCC(=O)C1=CCCCCCC1. The maximum Gasteiger partial charge on any atom is 0.158 e. The molecule has 0 spiro atoms. The maximum absolute atomic E-state index is 11.9. The van der Waals surface area contributed by atoms with Crippen LogP contribution >= 0.6 is 0 Å². The van der Waals surface area contributed by atoms with Crippen LogP contribution in [0, 0.1) is 0 Å². The van der Waals surface area contributed by atoms with Crippen LogP contribution in [0.4, 0.5) is 0 Å². The average molecular weight is 223 g/mol. The van der Waals surface area contributed by atoms with Crippen LogP contribution < -0.4 is 5.73 Å². The number of carbonyl (C=O) groups is 1. The number of Topliss-reactive ketones (excluding diaryl/α,β-unsaturated/α-hetero) is 1. The third-order valence-electron chi connectivity index (χ3n) is 3.21. The van der Waals surface area contributed by atoms with E-state index in [0.29, 0.717) is 12.2 Å². The van der Waals surface area contributed by atoms with E-state index in [-0.39, 0.29) is 6.04 Å². The third-order valence-corrected chi connectivity index (χ3v) is 3.21. The molecule has 0 aliphatic heterocycles. The van der Waals surface area contributed by atoms with Crippen molar-refractivity contribution in [2.24, 2.45) is 5.73 Å². The second kappa shape index (κ2) is 7.61. The zero-order valence-electron chi connectivity index (χ0n) is 10.5. The highest BCUT2D eigenvalue weighted by atomic mass is 16.1. The maximum atomic E-state index is 11.9. The lowest BCUT2D eigenvalue weighted by Crippen LogP contribution is -2.15. The smallest absolute Gasteiger partial charge is 0.158 e. The van der Waals surface area contributed by atoms with Gasteiger partial charge in [-0.15, -0.1) is 0 Å². The van der Waals surface area contributed by atoms with Gasteiger partial charge >= 0.3 is 0 Å². The molecule has 0 aromatic rings. The molecule has 0 saturated heterocycles. The predicted octanol–water partition coefficient (Wildman–Crippen LogP) is 3.35. The normalized spacial score (nSPS) is 19.5. The molecule has 0 radical (unpaired) electrons. The molecule has 0 aromatic heterocycles. The Balaban J connectivity index is 2.33. The fourth-order valence-corrected chi connectivity index (χ4v) is 2.19. The molecule has 0 heterocycles. The molecule has 1 rings (SSSR count). The molecule has 0 aromatic carbocycles. The van der Waals surface area contributed by atoms with E-state index in [0.717, 1.165) is 31.3 Å². The van der Waals surface area contributed by atoms with Gasteiger partial charge in [0.2, 0.25) is 0 Å². The van der Waals surface area contributed by atoms with E-state index >= 15 is 0 Å². The quantitative estimate of drug-likeness (QED) is 0.776. The van der Waals surface area contributed by atoms with Gasteiger partial charge in [0.05, 0.1) is 0 Å². The molecule has 2 N–H and O–H groups in total. The van der Waals surface area contributed by atoms with Gasteiger partial charge in [-0.1, -0.05) is 18.9 Å². The van der Waals surface area contributed by atoms with Gasteiger partial charge < -0.3 is 5.73 Å². The van der Waals surface area contributed by atoms with Gasteiger partial charge in [-0.2, -0.15) is 0 Å². The first-order valence-electron chi connectivity index (χ1n) is 6.68. The highest BCUT2D eigenvalue weighted by Crippen LogP contribution is 2.19. The lowest BCUT2D eigenvalue weighted by molar-refractivity contribution is -0.115. The van der Waals surface area contributed by atoms with Crippen molar-refractivity contribution in [2.45, 2.75) is 70.8 Å². The number of rotatable bonds is 5. The second-order valence-corrected chi connectivity index (χ2v) is 4.97. The van der Waals surface area contributed by atoms with E-state index in [1.807, 2.05) is 6.92 Å². The van der Waals surface area contributed by atoms with Gasteiger partial charge in [-0.3, -0.25) is 4.79 Å². The Bertz CT molecular complexity index is 243. The molecule has 1 aliphatic rings. The number of nitrogens with two attached hydrogens (primary N) is 1. The average Bonchev–Trinajstić information content (AvgIpc) is 2.15. The summed E-state index contributed by atoms with van der Waals surface area (Å²) in [6, 6.07) is 0.221. The number of ketones is 1. The summed E-state index contributed by atoms with van der Waals surface area (Å²) in [4.78, 5) is 11.9. The molecule has 2 heteroatoms. The summed E-state index contributed by atoms with van der Waals surface area (Å²) in [5, 5.41) is 0. The Labute approximate surface area is 99.3 Å². The number of allylic oxidation sites excluding steroid dienone is 2. The van der Waals surface area contributed by atoms with E-state index in [4.69, 9.17) is 5.73 Å². The molecule has 1 unspecified atom stereocenters. The van der Waals surface area contributed by atoms with Gasteiger partial charge in [-0.25, -0.2) is 0 Å². The summed E-state index contributed by atoms with van der Waals surface area (Å²) < 4.78 is 0. The highest BCUT2D eigenvalue weighted by Gasteiger charge is 2.10. The van der Waals surface area contributed by atoms with E-state index in [1.54, 1.807) is 0 Å². The van der Waals surface area contributed by atoms with Crippen LogP contribution in [0.1, 0.15) is 64.7 Å². The van der Waals surface area contributed by atoms with Crippen LogP contribution in [0.25, 0.3) is 0 Å². The molecule has 2 nitrogen and oxygen atoms in total. The van der Waals surface area contributed by atoms with Crippen LogP contribution in [0.2, 0.25) is 0 Å². The van der Waals surface area contributed by atoms with Crippen molar-refractivity contribution in [3.05, 3.63) is 11.6 Å². The van der Waals surface area contributed by atoms with Crippen molar-refractivity contribution in [3.8, 4) is 0 Å². The topological polar surface area (TPSA) is 43.1 Å². The minimum atomic E-state index is 0.221. The fraction of sp³-hybridized carbons (Fsp3) is 0.786. The first-order valence-corrected chi connectivity index (χ1v) is 6.68. The van der Waals surface area contributed by atoms with E-state index in [1.165, 1.54) is 25.7 Å². The van der Waals surface area contributed by atoms with Gasteiger partial charge in [0.25, 0.3) is 0 Å². The minimum Gasteiger partial charge on any atom is -0.328 e. The number of carbonyl (C=O) groups excluding carboxylic acids is 1. The Morgan fingerprint density at radius 3 is 2.88 bits per heavy atom. The molecule has 0 amide bonds. The Morgan fingerprint density at radius 2 is 2.12 bits per heavy atom. The van der Waals surface area contributed by atoms with Crippen LogP contribution in [-0.4, -0.2) is 11.8 Å². The Kier molecular flexibility index (Phi) is 6.39. The van der Waals surface area contributed by atoms with Crippen molar-refractivity contribution in [3.63, 3.8) is 0 Å². The van der Waals surface area contributed by atoms with Crippen molar-refractivity contribution < 1.29 is 4.79 Å². The number of hydrogen-bond acceptors (Lipinski definition) is 2. The molecule has 0 saturated carbocycles. The van der Waals surface area contributed by atoms with E-state index < -0.39 is 0 Å². The van der Waals surface area contributed by atoms with Crippen LogP contribution in [0.5, 0.6) is 0 Å². The van der Waals surface area contributed by atoms with Crippen LogP contribution in [0.15, 0.2) is 11.6 Å². The summed E-state index contributed by atoms with van der Waals surface area (Å²) in [5.41, 5.74) is 6.76. The first-order chi connectivity index (χ1) is 7.70. The van der Waals surface area contributed by atoms with Gasteiger partial charge in [0.1, 0.15) is 0 Å². The Hall–Kier alpha value is -0.630. The number of hydrogen-bond donors (Lipinski definition) is 1. The van der Waals surface area contributed by atoms with Crippen LogP contribution in [-0.2, 0) is 4.79 Å². The highest BCUT2D eigenvalue weighted by molar-refractivity contribution is 5.95. The molecule has 0 bridgehead atoms. The van der Waals surface area contributed by atoms with E-state index in [2.05, 4.69) is 6.08 Å². The lowest BCUT2D eigenvalue weighted by atomic mass is 9.95. The van der Waals surface area contributed by atoms with Gasteiger partial charge in [-0.05, 0) is 51.0 Å². The zero-order valence-corrected chi connectivity index (χ0v) is 10.5. The molecule has 92 valence electrons. The minimum absolute atomic E-state index is 0.221. The summed E-state index contributed by atoms with van der Waals surface area (Å²) in [6.07, 6.45) is 11.9. The fourth-order valence-electron chi connectivity index (χ4n) is 2.19. The monoisotopic (exact) mass is 223 g/mol. The first kappa shape index (κ1) is 13.4. The lowest BCUT2D eigenvalue weighted by Gasteiger charge is -2.11. The molecular formula is C14H25NO. The predicted molar refractivity (Wildman–Crippen MR) is 68.3 cm³/mol. The zero-order chi connectivity index (χ0) is 11.8. The largest absolute Gasteiger partial charge is 0.328 e. The molecular weight excluding hydrogens is 198 g/mol. The van der Waals surface area contributed by atoms with Crippen molar-refractivity contribution >= 4 is 5.78 Å². The second-order valence-electron chi connectivity index (χ2n) is 4.97.